The van der Waals surface area contributed by atoms with Crippen LogP contribution in [0.3, 0.4) is 0 Å². The van der Waals surface area contributed by atoms with E-state index in [9.17, 15) is 5.11 Å². The molecule has 2 aromatic rings. The number of aryl methyl sites for hydroxylation is 2. The molecule has 0 spiro atoms. The predicted molar refractivity (Wildman–Crippen MR) is 83.4 cm³/mol. The summed E-state index contributed by atoms with van der Waals surface area (Å²) in [4.78, 5) is 0. The lowest BCUT2D eigenvalue weighted by Gasteiger charge is -2.20. The summed E-state index contributed by atoms with van der Waals surface area (Å²) in [5.41, 5.74) is 4.88. The first-order valence-corrected chi connectivity index (χ1v) is 7.54. The van der Waals surface area contributed by atoms with Gasteiger partial charge in [0.15, 0.2) is 0 Å². The van der Waals surface area contributed by atoms with Crippen molar-refractivity contribution in [1.82, 2.24) is 0 Å². The third-order valence-corrected chi connectivity index (χ3v) is 4.63. The van der Waals surface area contributed by atoms with Crippen molar-refractivity contribution in [2.45, 2.75) is 38.2 Å². The van der Waals surface area contributed by atoms with Crippen molar-refractivity contribution in [3.63, 3.8) is 0 Å². The molecular formula is C18H19ClO. The number of benzene rings is 2. The summed E-state index contributed by atoms with van der Waals surface area (Å²) in [5.74, 6) is 0.239. The summed E-state index contributed by atoms with van der Waals surface area (Å²) in [7, 11) is 0. The highest BCUT2D eigenvalue weighted by molar-refractivity contribution is 6.31. The minimum Gasteiger partial charge on any atom is -0.392 e. The van der Waals surface area contributed by atoms with E-state index in [1.165, 1.54) is 11.1 Å². The molecule has 0 aliphatic heterocycles. The number of fused-ring (bicyclic) bond motifs is 1. The SMILES string of the molecule is Cc1ccc(CC(O)C2CCc3ccccc32)c(Cl)c1. The normalized spacial score (nSPS) is 18.9. The van der Waals surface area contributed by atoms with Crippen molar-refractivity contribution in [1.29, 1.82) is 0 Å². The number of aliphatic hydroxyl groups is 1. The van der Waals surface area contributed by atoms with Gasteiger partial charge in [-0.05, 0) is 48.1 Å². The van der Waals surface area contributed by atoms with E-state index in [0.717, 1.165) is 29.0 Å². The van der Waals surface area contributed by atoms with Gasteiger partial charge in [-0.15, -0.1) is 0 Å². The van der Waals surface area contributed by atoms with Crippen molar-refractivity contribution in [3.05, 3.63) is 69.7 Å². The molecule has 3 rings (SSSR count). The van der Waals surface area contributed by atoms with Crippen LogP contribution in [0.1, 0.15) is 34.6 Å². The van der Waals surface area contributed by atoms with E-state index in [-0.39, 0.29) is 12.0 Å². The summed E-state index contributed by atoms with van der Waals surface area (Å²) >= 11 is 6.27. The van der Waals surface area contributed by atoms with Gasteiger partial charge < -0.3 is 5.11 Å². The van der Waals surface area contributed by atoms with Gasteiger partial charge in [-0.2, -0.15) is 0 Å². The van der Waals surface area contributed by atoms with Crippen LogP contribution in [0.4, 0.5) is 0 Å². The van der Waals surface area contributed by atoms with Gasteiger partial charge in [0.25, 0.3) is 0 Å². The third-order valence-electron chi connectivity index (χ3n) is 4.28. The van der Waals surface area contributed by atoms with E-state index in [4.69, 9.17) is 11.6 Å². The molecule has 2 unspecified atom stereocenters. The van der Waals surface area contributed by atoms with Crippen LogP contribution in [0.25, 0.3) is 0 Å². The molecule has 2 aromatic carbocycles. The van der Waals surface area contributed by atoms with Crippen LogP contribution < -0.4 is 0 Å². The fraction of sp³-hybridized carbons (Fsp3) is 0.333. The van der Waals surface area contributed by atoms with E-state index < -0.39 is 0 Å². The molecule has 104 valence electrons. The van der Waals surface area contributed by atoms with E-state index in [0.29, 0.717) is 6.42 Å². The lowest BCUT2D eigenvalue weighted by molar-refractivity contribution is 0.143. The molecule has 1 nitrogen and oxygen atoms in total. The molecule has 2 heteroatoms. The zero-order valence-corrected chi connectivity index (χ0v) is 12.4. The van der Waals surface area contributed by atoms with E-state index in [2.05, 4.69) is 30.3 Å². The Morgan fingerprint density at radius 2 is 2.05 bits per heavy atom. The van der Waals surface area contributed by atoms with Crippen molar-refractivity contribution < 1.29 is 5.11 Å². The Kier molecular flexibility index (Phi) is 3.82. The van der Waals surface area contributed by atoms with Crippen molar-refractivity contribution in [3.8, 4) is 0 Å². The van der Waals surface area contributed by atoms with Gasteiger partial charge in [0.2, 0.25) is 0 Å². The van der Waals surface area contributed by atoms with Crippen LogP contribution in [-0.4, -0.2) is 11.2 Å². The molecule has 0 saturated heterocycles. The number of hydrogen-bond donors (Lipinski definition) is 1. The maximum Gasteiger partial charge on any atom is 0.0649 e. The van der Waals surface area contributed by atoms with Crippen molar-refractivity contribution in [2.24, 2.45) is 0 Å². The zero-order chi connectivity index (χ0) is 14.1. The average Bonchev–Trinajstić information content (AvgIpc) is 2.86. The summed E-state index contributed by atoms with van der Waals surface area (Å²) in [6.07, 6.45) is 2.36. The van der Waals surface area contributed by atoms with Crippen LogP contribution in [0.15, 0.2) is 42.5 Å². The van der Waals surface area contributed by atoms with E-state index >= 15 is 0 Å². The number of aliphatic hydroxyl groups excluding tert-OH is 1. The first-order valence-electron chi connectivity index (χ1n) is 7.16. The average molecular weight is 287 g/mol. The number of halogens is 1. The molecular weight excluding hydrogens is 268 g/mol. The van der Waals surface area contributed by atoms with Gasteiger partial charge in [-0.1, -0.05) is 48.0 Å². The van der Waals surface area contributed by atoms with Gasteiger partial charge in [-0.25, -0.2) is 0 Å². The molecule has 2 atom stereocenters. The van der Waals surface area contributed by atoms with Gasteiger partial charge in [-0.3, -0.25) is 0 Å². The van der Waals surface area contributed by atoms with Gasteiger partial charge in [0, 0.05) is 17.4 Å². The molecule has 1 aliphatic carbocycles. The van der Waals surface area contributed by atoms with E-state index in [1.807, 2.05) is 19.1 Å². The Hall–Kier alpha value is -1.31. The first kappa shape index (κ1) is 13.7. The van der Waals surface area contributed by atoms with Crippen LogP contribution >= 0.6 is 11.6 Å². The molecule has 0 heterocycles. The number of hydrogen-bond acceptors (Lipinski definition) is 1. The molecule has 0 bridgehead atoms. The van der Waals surface area contributed by atoms with Gasteiger partial charge in [0.1, 0.15) is 0 Å². The Bertz CT molecular complexity index is 621. The topological polar surface area (TPSA) is 20.2 Å². The summed E-state index contributed by atoms with van der Waals surface area (Å²) in [6, 6.07) is 14.5. The molecule has 0 radical (unpaired) electrons. The minimum absolute atomic E-state index is 0.239. The van der Waals surface area contributed by atoms with Crippen LogP contribution in [0, 0.1) is 6.92 Å². The Morgan fingerprint density at radius 1 is 1.25 bits per heavy atom. The monoisotopic (exact) mass is 286 g/mol. The summed E-state index contributed by atoms with van der Waals surface area (Å²) < 4.78 is 0. The fourth-order valence-corrected chi connectivity index (χ4v) is 3.49. The summed E-state index contributed by atoms with van der Waals surface area (Å²) in [5, 5.41) is 11.3. The molecule has 0 fully saturated rings. The predicted octanol–water partition coefficient (Wildman–Crippen LogP) is 4.28. The highest BCUT2D eigenvalue weighted by atomic mass is 35.5. The van der Waals surface area contributed by atoms with Gasteiger partial charge >= 0.3 is 0 Å². The second kappa shape index (κ2) is 5.59. The second-order valence-corrected chi connectivity index (χ2v) is 6.12. The van der Waals surface area contributed by atoms with Crippen molar-refractivity contribution >= 4 is 11.6 Å². The maximum absolute atomic E-state index is 10.6. The van der Waals surface area contributed by atoms with Crippen LogP contribution in [-0.2, 0) is 12.8 Å². The largest absolute Gasteiger partial charge is 0.392 e. The lowest BCUT2D eigenvalue weighted by Crippen LogP contribution is -2.19. The molecule has 0 aromatic heterocycles. The Morgan fingerprint density at radius 3 is 2.85 bits per heavy atom. The second-order valence-electron chi connectivity index (χ2n) is 5.71. The standard InChI is InChI=1S/C18H19ClO/c1-12-6-7-14(17(19)10-12)11-18(20)16-9-8-13-4-2-3-5-15(13)16/h2-7,10,16,18,20H,8-9,11H2,1H3. The maximum atomic E-state index is 10.6. The lowest BCUT2D eigenvalue weighted by atomic mass is 9.91. The molecule has 0 amide bonds. The van der Waals surface area contributed by atoms with Gasteiger partial charge in [0.05, 0.1) is 6.10 Å². The molecule has 20 heavy (non-hydrogen) atoms. The number of rotatable bonds is 3. The van der Waals surface area contributed by atoms with Crippen molar-refractivity contribution in [2.75, 3.05) is 0 Å². The third kappa shape index (κ3) is 2.61. The van der Waals surface area contributed by atoms with Crippen LogP contribution in [0.5, 0.6) is 0 Å². The molecule has 0 saturated carbocycles. The molecule has 1 aliphatic rings. The van der Waals surface area contributed by atoms with Crippen LogP contribution in [0.2, 0.25) is 5.02 Å². The Balaban J connectivity index is 1.79. The highest BCUT2D eigenvalue weighted by Gasteiger charge is 2.28. The van der Waals surface area contributed by atoms with E-state index in [1.54, 1.807) is 0 Å². The highest BCUT2D eigenvalue weighted by Crippen LogP contribution is 2.36. The Labute approximate surface area is 125 Å². The minimum atomic E-state index is -0.362. The summed E-state index contributed by atoms with van der Waals surface area (Å²) in [6.45, 7) is 2.03. The first-order chi connectivity index (χ1) is 9.65. The zero-order valence-electron chi connectivity index (χ0n) is 11.6. The molecule has 1 N–H and O–H groups in total. The smallest absolute Gasteiger partial charge is 0.0649 e. The quantitative estimate of drug-likeness (QED) is 0.893. The fourth-order valence-electron chi connectivity index (χ4n) is 3.18.